The highest BCUT2D eigenvalue weighted by atomic mass is 28.5. The van der Waals surface area contributed by atoms with Crippen LogP contribution in [0.2, 0.25) is 39.3 Å². The molecule has 0 fully saturated rings. The summed E-state index contributed by atoms with van der Waals surface area (Å²) >= 11 is 0. The zero-order valence-corrected chi connectivity index (χ0v) is 47.6. The number of anilines is 6. The van der Waals surface area contributed by atoms with Gasteiger partial charge in [0.2, 0.25) is 16.6 Å². The van der Waals surface area contributed by atoms with E-state index in [1.807, 2.05) is 0 Å². The van der Waals surface area contributed by atoms with Gasteiger partial charge in [0.25, 0.3) is 0 Å². The highest BCUT2D eigenvalue weighted by molar-refractivity contribution is 6.95. The third-order valence-electron chi connectivity index (χ3n) is 15.0. The van der Waals surface area contributed by atoms with Gasteiger partial charge in [-0.15, -0.1) is 0 Å². The van der Waals surface area contributed by atoms with Crippen molar-refractivity contribution in [1.29, 1.82) is 0 Å². The fraction of sp³-hybridized carbons (Fsp3) is 0.0857. The van der Waals surface area contributed by atoms with Gasteiger partial charge in [-0.3, -0.25) is 0 Å². The highest BCUT2D eigenvalue weighted by Crippen LogP contribution is 2.52. The van der Waals surface area contributed by atoms with Crippen molar-refractivity contribution in [3.05, 3.63) is 265 Å². The summed E-state index contributed by atoms with van der Waals surface area (Å²) in [6.45, 7) is 13.6. The average molecular weight is 1050 g/mol. The van der Waals surface area contributed by atoms with E-state index in [-0.39, 0.29) is 0 Å². The number of hydrogen-bond donors (Lipinski definition) is 0. The van der Waals surface area contributed by atoms with E-state index < -0.39 is 25.2 Å². The molecule has 12 rings (SSSR count). The van der Waals surface area contributed by atoms with Crippen LogP contribution in [0.15, 0.2) is 243 Å². The van der Waals surface area contributed by atoms with Crippen LogP contribution in [0.3, 0.4) is 0 Å². The van der Waals surface area contributed by atoms with Crippen molar-refractivity contribution < 1.29 is 8.23 Å². The Balaban J connectivity index is 0.683. The van der Waals surface area contributed by atoms with E-state index in [1.54, 1.807) is 0 Å². The van der Waals surface area contributed by atoms with Gasteiger partial charge >= 0.3 is 8.56 Å². The second-order valence-corrected chi connectivity index (χ2v) is 33.2. The van der Waals surface area contributed by atoms with Gasteiger partial charge in [-0.25, -0.2) is 0 Å². The average Bonchev–Trinajstić information content (AvgIpc) is 3.83. The van der Waals surface area contributed by atoms with E-state index in [0.717, 1.165) is 33.6 Å². The van der Waals surface area contributed by atoms with Crippen LogP contribution in [-0.2, 0) is 8.23 Å². The Morgan fingerprint density at radius 2 is 0.481 bits per heavy atom. The lowest BCUT2D eigenvalue weighted by Crippen LogP contribution is -2.59. The highest BCUT2D eigenvalue weighted by Gasteiger charge is 2.41. The molecule has 0 atom stereocenters. The van der Waals surface area contributed by atoms with E-state index >= 15 is 0 Å². The molecule has 0 aliphatic carbocycles. The summed E-state index contributed by atoms with van der Waals surface area (Å²) in [6.07, 6.45) is 8.80. The Bertz CT molecular complexity index is 3460. The summed E-state index contributed by atoms with van der Waals surface area (Å²) in [7, 11) is -7.18. The van der Waals surface area contributed by atoms with Crippen molar-refractivity contribution in [3.8, 4) is 44.5 Å². The van der Waals surface area contributed by atoms with Crippen molar-refractivity contribution in [2.45, 2.75) is 39.3 Å². The van der Waals surface area contributed by atoms with Crippen LogP contribution < -0.4 is 20.2 Å². The first-order chi connectivity index (χ1) is 37.4. The SMILES string of the molecule is C[Si](C)(O[Si](C)(C)c1ccc(C=Cc2ccc(N3c4ccccc4-c4ccccc4-c4ccccc43)cc2)cc1)O[Si](C)(C)c1ccc(C=Cc2ccc(N3c4ccccc4-c4ccccc4-c4ccccc43)cc2)cc1. The van der Waals surface area contributed by atoms with Crippen LogP contribution in [0.4, 0.5) is 34.1 Å². The number of nitrogens with zero attached hydrogens (tertiary/aromatic N) is 2. The van der Waals surface area contributed by atoms with Crippen molar-refractivity contribution >= 4 is 94.0 Å². The molecule has 2 aliphatic rings. The fourth-order valence-electron chi connectivity index (χ4n) is 11.5. The minimum absolute atomic E-state index is 1.13. The smallest absolute Gasteiger partial charge is 0.311 e. The minimum atomic E-state index is -2.55. The summed E-state index contributed by atoms with van der Waals surface area (Å²) < 4.78 is 14.3. The quantitative estimate of drug-likeness (QED) is 0.0899. The van der Waals surface area contributed by atoms with E-state index in [2.05, 4.69) is 316 Å². The lowest BCUT2D eigenvalue weighted by atomic mass is 9.95. The molecule has 0 amide bonds. The van der Waals surface area contributed by atoms with Gasteiger partial charge in [0, 0.05) is 33.6 Å². The van der Waals surface area contributed by atoms with E-state index in [1.165, 1.54) is 77.6 Å². The lowest BCUT2D eigenvalue weighted by Gasteiger charge is -2.39. The van der Waals surface area contributed by atoms with Crippen LogP contribution >= 0.6 is 0 Å². The lowest BCUT2D eigenvalue weighted by molar-refractivity contribution is 0.401. The molecule has 7 heteroatoms. The van der Waals surface area contributed by atoms with Gasteiger partial charge in [0.1, 0.15) is 0 Å². The molecule has 0 spiro atoms. The van der Waals surface area contributed by atoms with Crippen LogP contribution in [-0.4, -0.2) is 25.2 Å². The summed E-state index contributed by atoms with van der Waals surface area (Å²) in [4.78, 5) is 4.80. The normalized spacial score (nSPS) is 13.0. The summed E-state index contributed by atoms with van der Waals surface area (Å²) in [6, 6.07) is 88.1. The molecule has 0 aromatic heterocycles. The van der Waals surface area contributed by atoms with Crippen molar-refractivity contribution in [2.75, 3.05) is 9.80 Å². The minimum Gasteiger partial charge on any atom is -0.433 e. The maximum Gasteiger partial charge on any atom is 0.311 e. The Labute approximate surface area is 458 Å². The first-order valence-corrected chi connectivity index (χ1v) is 35.4. The number of rotatable bonds is 12. The molecule has 10 aromatic carbocycles. The molecule has 2 heterocycles. The summed E-state index contributed by atoms with van der Waals surface area (Å²) in [5, 5.41) is 2.52. The molecule has 0 radical (unpaired) electrons. The number of benzene rings is 10. The molecule has 0 bridgehead atoms. The standard InChI is InChI=1S/C70H62N2O2Si3/c1-75(2,57-47-39-53(40-48-57)33-31-51-35-43-55(44-36-51)71-67-27-15-11-23-63(67)59-19-7-8-20-60(59)64-24-12-16-28-68(64)71)73-77(5,6)74-76(3,4)58-49-41-54(42-50-58)34-32-52-37-45-56(46-38-52)72-69-29-17-13-25-65(69)61-21-9-10-22-62(61)66-26-14-18-30-70(66)72/h7-50H,1-6H3. The third-order valence-corrected chi connectivity index (χ3v) is 26.5. The van der Waals surface area contributed by atoms with Crippen molar-refractivity contribution in [1.82, 2.24) is 0 Å². The summed E-state index contributed by atoms with van der Waals surface area (Å²) in [5.74, 6) is 0. The first kappa shape index (κ1) is 49.7. The molecule has 2 aliphatic heterocycles. The number of para-hydroxylation sites is 4. The maximum absolute atomic E-state index is 7.14. The van der Waals surface area contributed by atoms with Crippen LogP contribution in [0.1, 0.15) is 22.3 Å². The van der Waals surface area contributed by atoms with Gasteiger partial charge < -0.3 is 18.0 Å². The molecule has 0 saturated heterocycles. The second kappa shape index (κ2) is 20.4. The molecule has 376 valence electrons. The van der Waals surface area contributed by atoms with Crippen molar-refractivity contribution in [3.63, 3.8) is 0 Å². The van der Waals surface area contributed by atoms with E-state index in [0.29, 0.717) is 0 Å². The van der Waals surface area contributed by atoms with Gasteiger partial charge in [-0.2, -0.15) is 0 Å². The molecule has 10 aromatic rings. The second-order valence-electron chi connectivity index (χ2n) is 21.5. The van der Waals surface area contributed by atoms with Crippen LogP contribution in [0.5, 0.6) is 0 Å². The number of fused-ring (bicyclic) bond motifs is 10. The van der Waals surface area contributed by atoms with Gasteiger partial charge in [-0.1, -0.05) is 218 Å². The first-order valence-electron chi connectivity index (χ1n) is 26.7. The third kappa shape index (κ3) is 9.96. The molecular formula is C70H62N2O2Si3. The zero-order valence-electron chi connectivity index (χ0n) is 44.6. The fourth-order valence-corrected chi connectivity index (χ4v) is 24.8. The Kier molecular flexibility index (Phi) is 13.2. The Hall–Kier alpha value is -8.15. The molecule has 0 N–H and O–H groups in total. The van der Waals surface area contributed by atoms with E-state index in [4.69, 9.17) is 8.23 Å². The van der Waals surface area contributed by atoms with Gasteiger partial charge in [0.05, 0.1) is 22.7 Å². The predicted octanol–water partition coefficient (Wildman–Crippen LogP) is 18.5. The summed E-state index contributed by atoms with van der Waals surface area (Å²) in [5.41, 5.74) is 21.5. The Morgan fingerprint density at radius 1 is 0.260 bits per heavy atom. The topological polar surface area (TPSA) is 24.9 Å². The van der Waals surface area contributed by atoms with Crippen LogP contribution in [0.25, 0.3) is 68.8 Å². The zero-order chi connectivity index (χ0) is 52.7. The predicted molar refractivity (Wildman–Crippen MR) is 336 cm³/mol. The van der Waals surface area contributed by atoms with Crippen molar-refractivity contribution in [2.24, 2.45) is 0 Å². The molecule has 4 nitrogen and oxygen atoms in total. The molecule has 0 unspecified atom stereocenters. The van der Waals surface area contributed by atoms with Gasteiger partial charge in [-0.05, 0) is 143 Å². The Morgan fingerprint density at radius 3 is 0.740 bits per heavy atom. The maximum atomic E-state index is 7.14. The number of hydrogen-bond acceptors (Lipinski definition) is 4. The monoisotopic (exact) mass is 1050 g/mol. The molecular weight excluding hydrogens is 985 g/mol. The molecule has 0 saturated carbocycles. The van der Waals surface area contributed by atoms with Gasteiger partial charge in [0.15, 0.2) is 0 Å². The van der Waals surface area contributed by atoms with Crippen LogP contribution in [0, 0.1) is 0 Å². The molecule has 77 heavy (non-hydrogen) atoms. The van der Waals surface area contributed by atoms with E-state index in [9.17, 15) is 0 Å². The largest absolute Gasteiger partial charge is 0.433 e.